The minimum atomic E-state index is -9.84. The minimum Gasteiger partial charge on any atom is -0.344 e. The van der Waals surface area contributed by atoms with Gasteiger partial charge in [0.1, 0.15) is 10.6 Å². The van der Waals surface area contributed by atoms with Crippen LogP contribution in [-0.4, -0.2) is 15.7 Å². The number of halogens is 5. The Labute approximate surface area is 167 Å². The summed E-state index contributed by atoms with van der Waals surface area (Å²) in [7, 11) is -9.84. The van der Waals surface area contributed by atoms with Gasteiger partial charge in [-0.1, -0.05) is 49.8 Å². The number of nitrogens with zero attached hydrogens (tertiary/aromatic N) is 2. The summed E-state index contributed by atoms with van der Waals surface area (Å²) < 4.78 is 66.2. The molecule has 1 atom stereocenters. The zero-order chi connectivity index (χ0) is 22.2. The molecule has 0 radical (unpaired) electrons. The number of amides is 1. The molecule has 0 spiro atoms. The van der Waals surface area contributed by atoms with E-state index in [1.54, 1.807) is 30.3 Å². The molecule has 0 aliphatic carbocycles. The first kappa shape index (κ1) is 21.5. The molecule has 5 nitrogen and oxygen atoms in total. The van der Waals surface area contributed by atoms with Crippen LogP contribution >= 0.6 is 10.2 Å². The zero-order valence-electron chi connectivity index (χ0n) is 15.4. The lowest BCUT2D eigenvalue weighted by atomic mass is 10.1. The van der Waals surface area contributed by atoms with Gasteiger partial charge in [-0.05, 0) is 42.8 Å². The van der Waals surface area contributed by atoms with Crippen molar-refractivity contribution < 1.29 is 24.2 Å². The average molecular weight is 445 g/mol. The first-order valence-electron chi connectivity index (χ1n) is 8.55. The molecule has 1 N–H and O–H groups in total. The van der Waals surface area contributed by atoms with E-state index in [4.69, 9.17) is 0 Å². The van der Waals surface area contributed by atoms with E-state index in [9.17, 15) is 29.0 Å². The Morgan fingerprint density at radius 3 is 2.27 bits per heavy atom. The maximum atomic E-state index is 13.0. The second-order valence-electron chi connectivity index (χ2n) is 6.54. The molecule has 0 aliphatic heterocycles. The molecular weight excluding hydrogens is 429 g/mol. The van der Waals surface area contributed by atoms with E-state index in [-0.39, 0.29) is 17.3 Å². The van der Waals surface area contributed by atoms with Crippen molar-refractivity contribution in [3.8, 4) is 5.69 Å². The van der Waals surface area contributed by atoms with Crippen molar-refractivity contribution in [2.45, 2.75) is 17.9 Å². The number of aromatic nitrogens is 2. The summed E-state index contributed by atoms with van der Waals surface area (Å²) in [6.45, 7) is 1.34. The van der Waals surface area contributed by atoms with E-state index < -0.39 is 32.6 Å². The molecule has 3 rings (SSSR count). The Kier molecular flexibility index (Phi) is 4.77. The Morgan fingerprint density at radius 1 is 0.967 bits per heavy atom. The van der Waals surface area contributed by atoms with E-state index in [0.29, 0.717) is 11.8 Å². The van der Waals surface area contributed by atoms with E-state index in [0.717, 1.165) is 22.9 Å². The standard InChI is InChI=1S/C19H16F5N3O2S/c1-13(14-6-5-9-16(12-14)30(20,21,22,23)24)25-19(29)17-10-11-18(28)27(26-17)15-7-3-2-4-8-15/h2-13H,1H3,(H,25,29)/t13-/m1/s1. The molecule has 0 unspecified atom stereocenters. The van der Waals surface area contributed by atoms with Gasteiger partial charge in [0.25, 0.3) is 11.5 Å². The molecule has 0 saturated heterocycles. The monoisotopic (exact) mass is 445 g/mol. The number of rotatable bonds is 5. The van der Waals surface area contributed by atoms with E-state index in [1.165, 1.54) is 13.0 Å². The minimum absolute atomic E-state index is 0.162. The lowest BCUT2D eigenvalue weighted by Gasteiger charge is -2.40. The van der Waals surface area contributed by atoms with E-state index in [1.807, 2.05) is 0 Å². The Hall–Kier alpha value is -3.21. The fraction of sp³-hybridized carbons (Fsp3) is 0.105. The number of hydrogen-bond donors (Lipinski definition) is 1. The van der Waals surface area contributed by atoms with Crippen LogP contribution in [-0.2, 0) is 0 Å². The highest BCUT2D eigenvalue weighted by Gasteiger charge is 2.65. The van der Waals surface area contributed by atoms with Crippen LogP contribution in [0.1, 0.15) is 29.0 Å². The highest BCUT2D eigenvalue weighted by atomic mass is 32.5. The van der Waals surface area contributed by atoms with Crippen LogP contribution in [0.4, 0.5) is 19.4 Å². The van der Waals surface area contributed by atoms with Crippen molar-refractivity contribution in [2.75, 3.05) is 0 Å². The van der Waals surface area contributed by atoms with Crippen molar-refractivity contribution in [1.29, 1.82) is 0 Å². The lowest BCUT2D eigenvalue weighted by Crippen LogP contribution is -2.30. The molecule has 3 aromatic rings. The van der Waals surface area contributed by atoms with E-state index >= 15 is 0 Å². The topological polar surface area (TPSA) is 64.0 Å². The number of benzene rings is 2. The molecule has 160 valence electrons. The molecule has 0 saturated carbocycles. The normalized spacial score (nSPS) is 15.0. The van der Waals surface area contributed by atoms with Crippen molar-refractivity contribution in [3.05, 3.63) is 88.3 Å². The maximum Gasteiger partial charge on any atom is 0.310 e. The number of para-hydroxylation sites is 1. The molecule has 1 amide bonds. The fourth-order valence-electron chi connectivity index (χ4n) is 2.66. The Balaban J connectivity index is 1.86. The van der Waals surface area contributed by atoms with Crippen LogP contribution in [0.2, 0.25) is 0 Å². The van der Waals surface area contributed by atoms with Crippen molar-refractivity contribution in [2.24, 2.45) is 0 Å². The van der Waals surface area contributed by atoms with Crippen LogP contribution in [0.3, 0.4) is 0 Å². The van der Waals surface area contributed by atoms with Crippen LogP contribution in [0, 0.1) is 0 Å². The number of hydrogen-bond acceptors (Lipinski definition) is 3. The second-order valence-corrected chi connectivity index (χ2v) is 8.95. The summed E-state index contributed by atoms with van der Waals surface area (Å²) in [6.07, 6.45) is 0. The summed E-state index contributed by atoms with van der Waals surface area (Å²) in [4.78, 5) is 22.5. The molecule has 0 bridgehead atoms. The first-order valence-corrected chi connectivity index (χ1v) is 10.5. The lowest BCUT2D eigenvalue weighted by molar-refractivity contribution is 0.0933. The molecule has 1 heterocycles. The largest absolute Gasteiger partial charge is 0.344 e. The van der Waals surface area contributed by atoms with Crippen molar-refractivity contribution in [3.63, 3.8) is 0 Å². The second kappa shape index (κ2) is 6.66. The van der Waals surface area contributed by atoms with Gasteiger partial charge in [-0.3, -0.25) is 9.59 Å². The number of carbonyl (C=O) groups is 1. The summed E-state index contributed by atoms with van der Waals surface area (Å²) in [6, 6.07) is 12.2. The molecule has 0 aliphatic rings. The predicted octanol–water partition coefficient (Wildman–Crippen LogP) is 5.38. The van der Waals surface area contributed by atoms with Gasteiger partial charge in [-0.15, -0.1) is 0 Å². The average Bonchev–Trinajstić information content (AvgIpc) is 2.67. The number of carbonyl (C=O) groups excluding carboxylic acids is 1. The first-order chi connectivity index (χ1) is 13.7. The highest BCUT2D eigenvalue weighted by molar-refractivity contribution is 8.45. The molecule has 2 aromatic carbocycles. The van der Waals surface area contributed by atoms with Crippen LogP contribution in [0.25, 0.3) is 5.69 Å². The van der Waals surface area contributed by atoms with Gasteiger partial charge in [-0.25, -0.2) is 0 Å². The van der Waals surface area contributed by atoms with Gasteiger partial charge in [-0.2, -0.15) is 9.78 Å². The van der Waals surface area contributed by atoms with Gasteiger partial charge in [0.2, 0.25) is 0 Å². The summed E-state index contributed by atoms with van der Waals surface area (Å²) >= 11 is 0. The van der Waals surface area contributed by atoms with Gasteiger partial charge < -0.3 is 5.32 Å². The Bertz CT molecular complexity index is 1170. The van der Waals surface area contributed by atoms with Crippen LogP contribution in [0.5, 0.6) is 0 Å². The quantitative estimate of drug-likeness (QED) is 0.537. The highest BCUT2D eigenvalue weighted by Crippen LogP contribution is 3.02. The summed E-state index contributed by atoms with van der Waals surface area (Å²) in [5.74, 6) is -0.787. The van der Waals surface area contributed by atoms with Gasteiger partial charge in [0.05, 0.1) is 11.7 Å². The SMILES string of the molecule is C[C@@H](NC(=O)c1ccc(=O)n(-c2ccccc2)n1)c1cccc(S(F)(F)(F)(F)F)c1. The van der Waals surface area contributed by atoms with E-state index in [2.05, 4.69) is 10.4 Å². The third kappa shape index (κ3) is 4.85. The maximum absolute atomic E-state index is 13.0. The molecule has 0 fully saturated rings. The van der Waals surface area contributed by atoms with Gasteiger partial charge in [0, 0.05) is 6.07 Å². The fourth-order valence-corrected chi connectivity index (χ4v) is 3.36. The Morgan fingerprint density at radius 2 is 1.63 bits per heavy atom. The third-order valence-electron chi connectivity index (χ3n) is 4.18. The number of nitrogens with one attached hydrogen (secondary N) is 1. The smallest absolute Gasteiger partial charge is 0.310 e. The summed E-state index contributed by atoms with van der Waals surface area (Å²) in [5, 5.41) is 6.36. The van der Waals surface area contributed by atoms with Crippen molar-refractivity contribution in [1.82, 2.24) is 15.1 Å². The van der Waals surface area contributed by atoms with Crippen LogP contribution in [0.15, 0.2) is 76.4 Å². The zero-order valence-corrected chi connectivity index (χ0v) is 16.3. The molecule has 30 heavy (non-hydrogen) atoms. The predicted molar refractivity (Wildman–Crippen MR) is 104 cm³/mol. The van der Waals surface area contributed by atoms with Crippen LogP contribution < -0.4 is 10.9 Å². The molecule has 11 heteroatoms. The molecule has 1 aromatic heterocycles. The van der Waals surface area contributed by atoms with Crippen molar-refractivity contribution >= 4 is 16.1 Å². The summed E-state index contributed by atoms with van der Waals surface area (Å²) in [5.41, 5.74) is -0.414. The van der Waals surface area contributed by atoms with Gasteiger partial charge in [0.15, 0.2) is 0 Å². The molecular formula is C19H16F5N3O2S. The third-order valence-corrected chi connectivity index (χ3v) is 5.33. The van der Waals surface area contributed by atoms with Gasteiger partial charge >= 0.3 is 10.2 Å².